The molecule has 0 spiro atoms. The van der Waals surface area contributed by atoms with Crippen molar-refractivity contribution in [3.63, 3.8) is 0 Å². The summed E-state index contributed by atoms with van der Waals surface area (Å²) in [5, 5.41) is 4.11. The van der Waals surface area contributed by atoms with Gasteiger partial charge in [0.05, 0.1) is 11.8 Å². The molecule has 0 saturated heterocycles. The second-order valence-corrected chi connectivity index (χ2v) is 4.84. The maximum absolute atomic E-state index is 13.9. The predicted octanol–water partition coefficient (Wildman–Crippen LogP) is 2.80. The van der Waals surface area contributed by atoms with Crippen molar-refractivity contribution in [1.82, 2.24) is 19.3 Å². The summed E-state index contributed by atoms with van der Waals surface area (Å²) in [6.07, 6.45) is 7.90. The molecule has 0 unspecified atom stereocenters. The summed E-state index contributed by atoms with van der Waals surface area (Å²) in [5.74, 6) is -0.704. The summed E-state index contributed by atoms with van der Waals surface area (Å²) < 4.78 is 30.4. The topological polar surface area (TPSA) is 35.6 Å². The molecule has 0 aliphatic rings. The Morgan fingerprint density at radius 3 is 2.81 bits per heavy atom. The van der Waals surface area contributed by atoms with Crippen LogP contribution in [0, 0.1) is 11.6 Å². The number of rotatable bonds is 4. The van der Waals surface area contributed by atoms with E-state index in [4.69, 9.17) is 0 Å². The van der Waals surface area contributed by atoms with Crippen molar-refractivity contribution in [1.29, 1.82) is 0 Å². The highest BCUT2D eigenvalue weighted by Gasteiger charge is 2.12. The Kier molecular flexibility index (Phi) is 3.51. The Hall–Kier alpha value is -2.50. The van der Waals surface area contributed by atoms with E-state index in [1.165, 1.54) is 12.1 Å². The highest BCUT2D eigenvalue weighted by molar-refractivity contribution is 5.56. The molecule has 0 aliphatic carbocycles. The van der Waals surface area contributed by atoms with Gasteiger partial charge in [-0.3, -0.25) is 4.68 Å². The van der Waals surface area contributed by atoms with Gasteiger partial charge in [0.1, 0.15) is 17.5 Å². The van der Waals surface area contributed by atoms with Gasteiger partial charge in [-0.05, 0) is 24.1 Å². The van der Waals surface area contributed by atoms with Crippen LogP contribution in [-0.4, -0.2) is 19.3 Å². The van der Waals surface area contributed by atoms with Crippen LogP contribution in [0.15, 0.2) is 43.0 Å². The highest BCUT2D eigenvalue weighted by atomic mass is 19.1. The summed E-state index contributed by atoms with van der Waals surface area (Å²) in [6.45, 7) is 0.651. The number of halogens is 2. The summed E-state index contributed by atoms with van der Waals surface area (Å²) in [5.41, 5.74) is 1.39. The van der Waals surface area contributed by atoms with Crippen LogP contribution in [0.5, 0.6) is 0 Å². The van der Waals surface area contributed by atoms with Gasteiger partial charge in [0.15, 0.2) is 0 Å². The second kappa shape index (κ2) is 5.47. The Morgan fingerprint density at radius 2 is 2.10 bits per heavy atom. The number of nitrogens with zero attached hydrogens (tertiary/aromatic N) is 4. The molecule has 6 heteroatoms. The lowest BCUT2D eigenvalue weighted by Crippen LogP contribution is -2.03. The van der Waals surface area contributed by atoms with E-state index < -0.39 is 11.6 Å². The van der Waals surface area contributed by atoms with E-state index in [1.54, 1.807) is 23.3 Å². The fourth-order valence-corrected chi connectivity index (χ4v) is 2.26. The Balaban J connectivity index is 1.83. The number of hydrogen-bond donors (Lipinski definition) is 0. The molecule has 0 fully saturated rings. The molecule has 108 valence electrons. The molecule has 0 aliphatic heterocycles. The van der Waals surface area contributed by atoms with E-state index >= 15 is 0 Å². The molecule has 3 rings (SSSR count). The van der Waals surface area contributed by atoms with Gasteiger partial charge in [-0.1, -0.05) is 0 Å². The lowest BCUT2D eigenvalue weighted by molar-refractivity contribution is 0.583. The second-order valence-electron chi connectivity index (χ2n) is 4.84. The maximum Gasteiger partial charge on any atom is 0.142 e. The minimum atomic E-state index is -0.608. The lowest BCUT2D eigenvalue weighted by Gasteiger charge is -2.08. The van der Waals surface area contributed by atoms with Crippen LogP contribution >= 0.6 is 0 Å². The molecule has 2 aromatic heterocycles. The number of benzene rings is 1. The standard InChI is InChI=1S/C15H14F2N4/c1-20-10-11(9-19-20)4-6-21-7-5-18-15(21)13-3-2-12(16)8-14(13)17/h2-3,5,7-10H,4,6H2,1H3. The van der Waals surface area contributed by atoms with Crippen molar-refractivity contribution in [2.75, 3.05) is 0 Å². The molecule has 4 nitrogen and oxygen atoms in total. The van der Waals surface area contributed by atoms with Crippen LogP contribution in [0.2, 0.25) is 0 Å². The van der Waals surface area contributed by atoms with Gasteiger partial charge in [0, 0.05) is 38.2 Å². The zero-order valence-electron chi connectivity index (χ0n) is 11.5. The largest absolute Gasteiger partial charge is 0.331 e. The van der Waals surface area contributed by atoms with E-state index in [0.717, 1.165) is 18.1 Å². The van der Waals surface area contributed by atoms with Crippen LogP contribution in [0.3, 0.4) is 0 Å². The average Bonchev–Trinajstić information content (AvgIpc) is 3.05. The summed E-state index contributed by atoms with van der Waals surface area (Å²) >= 11 is 0. The SMILES string of the molecule is Cn1cc(CCn2ccnc2-c2ccc(F)cc2F)cn1. The van der Waals surface area contributed by atoms with Crippen LogP contribution in [-0.2, 0) is 20.0 Å². The minimum Gasteiger partial charge on any atom is -0.331 e. The van der Waals surface area contributed by atoms with Crippen molar-refractivity contribution in [2.24, 2.45) is 7.05 Å². The van der Waals surface area contributed by atoms with Gasteiger partial charge >= 0.3 is 0 Å². The molecule has 0 radical (unpaired) electrons. The van der Waals surface area contributed by atoms with E-state index in [2.05, 4.69) is 10.1 Å². The molecular formula is C15H14F2N4. The van der Waals surface area contributed by atoms with Gasteiger partial charge in [0.2, 0.25) is 0 Å². The molecule has 0 saturated carbocycles. The van der Waals surface area contributed by atoms with Gasteiger partial charge in [0.25, 0.3) is 0 Å². The fourth-order valence-electron chi connectivity index (χ4n) is 2.26. The van der Waals surface area contributed by atoms with Crippen molar-refractivity contribution in [2.45, 2.75) is 13.0 Å². The molecule has 0 atom stereocenters. The molecular weight excluding hydrogens is 274 g/mol. The first kappa shape index (κ1) is 13.5. The first-order valence-electron chi connectivity index (χ1n) is 6.57. The Bertz CT molecular complexity index is 761. The summed E-state index contributed by atoms with van der Waals surface area (Å²) in [6, 6.07) is 3.52. The molecule has 0 N–H and O–H groups in total. The van der Waals surface area contributed by atoms with Gasteiger partial charge in [-0.2, -0.15) is 5.10 Å². The van der Waals surface area contributed by atoms with E-state index in [9.17, 15) is 8.78 Å². The first-order chi connectivity index (χ1) is 10.1. The smallest absolute Gasteiger partial charge is 0.142 e. The molecule has 1 aromatic carbocycles. The zero-order chi connectivity index (χ0) is 14.8. The highest BCUT2D eigenvalue weighted by Crippen LogP contribution is 2.22. The molecule has 0 amide bonds. The monoisotopic (exact) mass is 288 g/mol. The quantitative estimate of drug-likeness (QED) is 0.740. The third-order valence-electron chi connectivity index (χ3n) is 3.29. The summed E-state index contributed by atoms with van der Waals surface area (Å²) in [7, 11) is 1.86. The van der Waals surface area contributed by atoms with Crippen molar-refractivity contribution < 1.29 is 8.78 Å². The molecule has 21 heavy (non-hydrogen) atoms. The van der Waals surface area contributed by atoms with Crippen LogP contribution in [0.1, 0.15) is 5.56 Å². The zero-order valence-corrected chi connectivity index (χ0v) is 11.5. The molecule has 0 bridgehead atoms. The number of imidazole rings is 1. The normalized spacial score (nSPS) is 11.0. The predicted molar refractivity (Wildman–Crippen MR) is 74.5 cm³/mol. The maximum atomic E-state index is 13.9. The van der Waals surface area contributed by atoms with Gasteiger partial charge in [-0.25, -0.2) is 13.8 Å². The Morgan fingerprint density at radius 1 is 1.24 bits per heavy atom. The summed E-state index contributed by atoms with van der Waals surface area (Å²) in [4.78, 5) is 4.17. The van der Waals surface area contributed by atoms with E-state index in [-0.39, 0.29) is 0 Å². The van der Waals surface area contributed by atoms with Gasteiger partial charge in [-0.15, -0.1) is 0 Å². The fraction of sp³-hybridized carbons (Fsp3) is 0.200. The Labute approximate surface area is 120 Å². The number of hydrogen-bond acceptors (Lipinski definition) is 2. The van der Waals surface area contributed by atoms with E-state index in [0.29, 0.717) is 17.9 Å². The molecule has 3 aromatic rings. The third kappa shape index (κ3) is 2.84. The van der Waals surface area contributed by atoms with Gasteiger partial charge < -0.3 is 4.57 Å². The van der Waals surface area contributed by atoms with Crippen molar-refractivity contribution in [3.05, 3.63) is 60.2 Å². The average molecular weight is 288 g/mol. The van der Waals surface area contributed by atoms with E-state index in [1.807, 2.05) is 17.8 Å². The molecule has 2 heterocycles. The van der Waals surface area contributed by atoms with Crippen molar-refractivity contribution in [3.8, 4) is 11.4 Å². The number of aromatic nitrogens is 4. The number of aryl methyl sites for hydroxylation is 3. The lowest BCUT2D eigenvalue weighted by atomic mass is 10.2. The third-order valence-corrected chi connectivity index (χ3v) is 3.29. The van der Waals surface area contributed by atoms with Crippen LogP contribution < -0.4 is 0 Å². The first-order valence-corrected chi connectivity index (χ1v) is 6.57. The van der Waals surface area contributed by atoms with Crippen LogP contribution in [0.4, 0.5) is 8.78 Å². The minimum absolute atomic E-state index is 0.299. The van der Waals surface area contributed by atoms with Crippen molar-refractivity contribution >= 4 is 0 Å². The van der Waals surface area contributed by atoms with Crippen LogP contribution in [0.25, 0.3) is 11.4 Å².